The minimum atomic E-state index is -0.0606. The van der Waals surface area contributed by atoms with Gasteiger partial charge in [0.1, 0.15) is 0 Å². The second kappa shape index (κ2) is 5.85. The summed E-state index contributed by atoms with van der Waals surface area (Å²) >= 11 is 6.05. The van der Waals surface area contributed by atoms with E-state index in [0.717, 1.165) is 33.6 Å². The van der Waals surface area contributed by atoms with E-state index in [1.54, 1.807) is 0 Å². The molecule has 0 saturated carbocycles. The van der Waals surface area contributed by atoms with E-state index in [9.17, 15) is 0 Å². The lowest BCUT2D eigenvalue weighted by molar-refractivity contribution is 0.532. The summed E-state index contributed by atoms with van der Waals surface area (Å²) in [6.45, 7) is 0. The first-order chi connectivity index (χ1) is 10.2. The van der Waals surface area contributed by atoms with Crippen LogP contribution in [0, 0.1) is 0 Å². The first kappa shape index (κ1) is 14.1. The van der Waals surface area contributed by atoms with Crippen LogP contribution in [0.1, 0.15) is 17.3 Å². The summed E-state index contributed by atoms with van der Waals surface area (Å²) in [5.41, 5.74) is 6.05. The summed E-state index contributed by atoms with van der Waals surface area (Å²) in [7, 11) is 1.94. The Balaban J connectivity index is 1.99. The smallest absolute Gasteiger partial charge is 0.0889 e. The molecule has 3 N–H and O–H groups in total. The van der Waals surface area contributed by atoms with Crippen LogP contribution in [0.4, 0.5) is 0 Å². The van der Waals surface area contributed by atoms with Crippen LogP contribution in [0.3, 0.4) is 0 Å². The molecule has 5 heteroatoms. The molecule has 0 aliphatic heterocycles. The number of benzene rings is 2. The van der Waals surface area contributed by atoms with Gasteiger partial charge in [0, 0.05) is 17.5 Å². The van der Waals surface area contributed by atoms with Gasteiger partial charge in [0.2, 0.25) is 0 Å². The maximum atomic E-state index is 6.05. The zero-order valence-corrected chi connectivity index (χ0v) is 12.5. The number of halogens is 1. The van der Waals surface area contributed by atoms with Crippen molar-refractivity contribution in [2.24, 2.45) is 12.9 Å². The number of nitrogens with two attached hydrogens (primary N) is 1. The number of fused-ring (bicyclic) bond motifs is 1. The second-order valence-corrected chi connectivity index (χ2v) is 5.52. The average molecular weight is 301 g/mol. The summed E-state index contributed by atoms with van der Waals surface area (Å²) in [5, 5.41) is 6.47. The lowest BCUT2D eigenvalue weighted by atomic mass is 10.0. The number of aryl methyl sites for hydroxylation is 1. The molecule has 108 valence electrons. The number of nitrogens with zero attached hydrogens (tertiary/aromatic N) is 2. The van der Waals surface area contributed by atoms with Gasteiger partial charge < -0.3 is 0 Å². The maximum absolute atomic E-state index is 6.05. The highest BCUT2D eigenvalue weighted by Gasteiger charge is 2.18. The molecule has 0 spiro atoms. The average Bonchev–Trinajstić information content (AvgIpc) is 2.83. The summed E-state index contributed by atoms with van der Waals surface area (Å²) in [6, 6.07) is 15.9. The van der Waals surface area contributed by atoms with Gasteiger partial charge in [-0.3, -0.25) is 16.0 Å². The highest BCUT2D eigenvalue weighted by molar-refractivity contribution is 6.30. The Kier molecular flexibility index (Phi) is 3.92. The maximum Gasteiger partial charge on any atom is 0.0889 e. The fraction of sp³-hybridized carbons (Fsp3) is 0.188. The molecule has 0 fully saturated rings. The van der Waals surface area contributed by atoms with Crippen LogP contribution in [0.5, 0.6) is 0 Å². The van der Waals surface area contributed by atoms with Gasteiger partial charge in [0.05, 0.1) is 17.3 Å². The van der Waals surface area contributed by atoms with Gasteiger partial charge in [0.15, 0.2) is 0 Å². The van der Waals surface area contributed by atoms with Crippen molar-refractivity contribution in [3.8, 4) is 0 Å². The molecular formula is C16H17ClN4. The van der Waals surface area contributed by atoms with E-state index in [0.29, 0.717) is 0 Å². The Morgan fingerprint density at radius 2 is 2.05 bits per heavy atom. The first-order valence-electron chi connectivity index (χ1n) is 6.81. The lowest BCUT2D eigenvalue weighted by Gasteiger charge is -2.14. The monoisotopic (exact) mass is 300 g/mol. The van der Waals surface area contributed by atoms with E-state index in [-0.39, 0.29) is 6.04 Å². The van der Waals surface area contributed by atoms with Crippen molar-refractivity contribution in [1.82, 2.24) is 15.2 Å². The number of rotatable bonds is 4. The summed E-state index contributed by atoms with van der Waals surface area (Å²) in [5.74, 6) is 5.76. The third-order valence-electron chi connectivity index (χ3n) is 3.65. The second-order valence-electron chi connectivity index (χ2n) is 5.08. The van der Waals surface area contributed by atoms with Gasteiger partial charge in [0.25, 0.3) is 0 Å². The molecule has 1 heterocycles. The molecule has 4 nitrogen and oxygen atoms in total. The molecule has 0 saturated heterocycles. The molecule has 0 aliphatic rings. The zero-order valence-electron chi connectivity index (χ0n) is 11.8. The Labute approximate surface area is 128 Å². The van der Waals surface area contributed by atoms with Gasteiger partial charge >= 0.3 is 0 Å². The highest BCUT2D eigenvalue weighted by Crippen LogP contribution is 2.26. The largest absolute Gasteiger partial charge is 0.271 e. The Morgan fingerprint density at radius 1 is 1.24 bits per heavy atom. The number of hydrazine groups is 1. The van der Waals surface area contributed by atoms with Crippen LogP contribution < -0.4 is 11.3 Å². The number of nitrogens with one attached hydrogen (secondary N) is 1. The SMILES string of the molecule is Cn1nc(C(Cc2cccc(Cl)c2)NN)c2ccccc21. The summed E-state index contributed by atoms with van der Waals surface area (Å²) < 4.78 is 1.88. The minimum absolute atomic E-state index is 0.0606. The molecule has 3 rings (SSSR count). The molecule has 21 heavy (non-hydrogen) atoms. The normalized spacial score (nSPS) is 12.7. The third kappa shape index (κ3) is 2.78. The van der Waals surface area contributed by atoms with Crippen LogP contribution in [0.15, 0.2) is 48.5 Å². The standard InChI is InChI=1S/C16H17ClN4/c1-21-15-8-3-2-7-13(15)16(20-21)14(19-18)10-11-5-4-6-12(17)9-11/h2-9,14,19H,10,18H2,1H3. The van der Waals surface area contributed by atoms with Gasteiger partial charge in [-0.15, -0.1) is 0 Å². The van der Waals surface area contributed by atoms with Crippen molar-refractivity contribution in [3.05, 3.63) is 64.8 Å². The quantitative estimate of drug-likeness (QED) is 0.575. The minimum Gasteiger partial charge on any atom is -0.271 e. The van der Waals surface area contributed by atoms with Crippen LogP contribution >= 0.6 is 11.6 Å². The lowest BCUT2D eigenvalue weighted by Crippen LogP contribution is -2.30. The first-order valence-corrected chi connectivity index (χ1v) is 7.19. The van der Waals surface area contributed by atoms with E-state index in [1.807, 2.05) is 48.1 Å². The molecule has 1 atom stereocenters. The summed E-state index contributed by atoms with van der Waals surface area (Å²) in [4.78, 5) is 0. The predicted molar refractivity (Wildman–Crippen MR) is 85.9 cm³/mol. The molecule has 0 aliphatic carbocycles. The molecule has 0 radical (unpaired) electrons. The van der Waals surface area contributed by atoms with Crippen molar-refractivity contribution in [2.75, 3.05) is 0 Å². The zero-order chi connectivity index (χ0) is 14.8. The fourth-order valence-corrected chi connectivity index (χ4v) is 2.85. The van der Waals surface area contributed by atoms with Crippen LogP contribution in [0.25, 0.3) is 10.9 Å². The molecule has 3 aromatic rings. The van der Waals surface area contributed by atoms with Gasteiger partial charge in [-0.1, -0.05) is 41.9 Å². The van der Waals surface area contributed by atoms with E-state index < -0.39 is 0 Å². The van der Waals surface area contributed by atoms with Crippen molar-refractivity contribution < 1.29 is 0 Å². The van der Waals surface area contributed by atoms with Crippen molar-refractivity contribution in [2.45, 2.75) is 12.5 Å². The molecule has 1 aromatic heterocycles. The molecule has 0 amide bonds. The van der Waals surface area contributed by atoms with E-state index in [1.165, 1.54) is 0 Å². The van der Waals surface area contributed by atoms with Crippen LogP contribution in [-0.4, -0.2) is 9.78 Å². The predicted octanol–water partition coefficient (Wildman–Crippen LogP) is 2.97. The van der Waals surface area contributed by atoms with E-state index in [2.05, 4.69) is 22.7 Å². The Bertz CT molecular complexity index is 766. The van der Waals surface area contributed by atoms with Gasteiger partial charge in [-0.05, 0) is 30.2 Å². The highest BCUT2D eigenvalue weighted by atomic mass is 35.5. The van der Waals surface area contributed by atoms with Crippen LogP contribution in [-0.2, 0) is 13.5 Å². The fourth-order valence-electron chi connectivity index (χ4n) is 2.63. The third-order valence-corrected chi connectivity index (χ3v) is 3.88. The Hall–Kier alpha value is -1.88. The molecule has 0 bridgehead atoms. The van der Waals surface area contributed by atoms with Gasteiger partial charge in [-0.2, -0.15) is 5.10 Å². The number of hydrogen-bond donors (Lipinski definition) is 2. The number of para-hydroxylation sites is 1. The van der Waals surface area contributed by atoms with Crippen molar-refractivity contribution in [1.29, 1.82) is 0 Å². The van der Waals surface area contributed by atoms with Gasteiger partial charge in [-0.25, -0.2) is 0 Å². The number of hydrogen-bond acceptors (Lipinski definition) is 3. The molecular weight excluding hydrogens is 284 g/mol. The molecule has 2 aromatic carbocycles. The van der Waals surface area contributed by atoms with Crippen molar-refractivity contribution in [3.63, 3.8) is 0 Å². The Morgan fingerprint density at radius 3 is 2.81 bits per heavy atom. The van der Waals surface area contributed by atoms with E-state index in [4.69, 9.17) is 17.4 Å². The molecule has 1 unspecified atom stereocenters. The van der Waals surface area contributed by atoms with E-state index >= 15 is 0 Å². The topological polar surface area (TPSA) is 55.9 Å². The number of aromatic nitrogens is 2. The summed E-state index contributed by atoms with van der Waals surface area (Å²) in [6.07, 6.45) is 0.734. The van der Waals surface area contributed by atoms with Crippen molar-refractivity contribution >= 4 is 22.5 Å². The van der Waals surface area contributed by atoms with Crippen LogP contribution in [0.2, 0.25) is 5.02 Å².